The van der Waals surface area contributed by atoms with Gasteiger partial charge in [0.05, 0.1) is 24.2 Å². The Hall–Kier alpha value is -0.570. The van der Waals surface area contributed by atoms with Crippen molar-refractivity contribution in [3.63, 3.8) is 0 Å². The van der Waals surface area contributed by atoms with Gasteiger partial charge in [0.2, 0.25) is 0 Å². The van der Waals surface area contributed by atoms with E-state index in [1.807, 2.05) is 6.92 Å². The summed E-state index contributed by atoms with van der Waals surface area (Å²) >= 11 is 0. The first-order chi connectivity index (χ1) is 6.82. The summed E-state index contributed by atoms with van der Waals surface area (Å²) in [5.74, 6) is 0.314. The summed E-state index contributed by atoms with van der Waals surface area (Å²) in [5, 5.41) is 0. The van der Waals surface area contributed by atoms with Crippen molar-refractivity contribution in [1.82, 2.24) is 0 Å². The molecule has 0 N–H and O–H groups in total. The summed E-state index contributed by atoms with van der Waals surface area (Å²) in [7, 11) is 0. The van der Waals surface area contributed by atoms with Gasteiger partial charge in [-0.2, -0.15) is 0 Å². The number of carbonyl (C=O) groups excluding carboxylic acids is 1. The quantitative estimate of drug-likeness (QED) is 0.530. The number of rotatable bonds is 3. The maximum absolute atomic E-state index is 11.7. The largest absolute Gasteiger partial charge is 0.466 e. The molecule has 3 heteroatoms. The normalized spacial score (nSPS) is 39.7. The number of hydrogen-bond donors (Lipinski definition) is 0. The van der Waals surface area contributed by atoms with E-state index in [0.29, 0.717) is 12.5 Å². The molecule has 0 bridgehead atoms. The zero-order valence-corrected chi connectivity index (χ0v) is 10.2. The minimum Gasteiger partial charge on any atom is -0.466 e. The average Bonchev–Trinajstić information content (AvgIpc) is 2.86. The molecule has 0 aromatic rings. The van der Waals surface area contributed by atoms with Crippen molar-refractivity contribution in [2.75, 3.05) is 6.61 Å². The van der Waals surface area contributed by atoms with Crippen LogP contribution >= 0.6 is 0 Å². The fourth-order valence-electron chi connectivity index (χ4n) is 2.72. The van der Waals surface area contributed by atoms with Crippen molar-refractivity contribution >= 4 is 5.97 Å². The van der Waals surface area contributed by atoms with E-state index in [-0.39, 0.29) is 29.0 Å². The molecule has 0 radical (unpaired) electrons. The van der Waals surface area contributed by atoms with E-state index >= 15 is 0 Å². The molecule has 0 amide bonds. The summed E-state index contributed by atoms with van der Waals surface area (Å²) in [5.41, 5.74) is 0.00781. The van der Waals surface area contributed by atoms with Crippen molar-refractivity contribution in [2.24, 2.45) is 17.3 Å². The maximum Gasteiger partial charge on any atom is 0.309 e. The zero-order valence-electron chi connectivity index (χ0n) is 10.2. The van der Waals surface area contributed by atoms with Crippen LogP contribution in [0.1, 0.15) is 34.6 Å². The van der Waals surface area contributed by atoms with Gasteiger partial charge in [0.15, 0.2) is 0 Å². The zero-order chi connectivity index (χ0) is 11.4. The molecule has 1 unspecified atom stereocenters. The van der Waals surface area contributed by atoms with Gasteiger partial charge in [-0.1, -0.05) is 13.8 Å². The molecule has 3 nitrogen and oxygen atoms in total. The highest BCUT2D eigenvalue weighted by molar-refractivity contribution is 5.78. The van der Waals surface area contributed by atoms with Gasteiger partial charge in [0, 0.05) is 5.92 Å². The third kappa shape index (κ3) is 1.57. The van der Waals surface area contributed by atoms with Gasteiger partial charge < -0.3 is 9.47 Å². The van der Waals surface area contributed by atoms with Crippen LogP contribution in [0.2, 0.25) is 0 Å². The first-order valence-corrected chi connectivity index (χ1v) is 5.67. The molecule has 2 aliphatic rings. The molecule has 1 aliphatic heterocycles. The van der Waals surface area contributed by atoms with Crippen LogP contribution in [0.25, 0.3) is 0 Å². The molecular formula is C12H20O3. The molecule has 15 heavy (non-hydrogen) atoms. The Morgan fingerprint density at radius 2 is 1.87 bits per heavy atom. The Morgan fingerprint density at radius 3 is 2.27 bits per heavy atom. The Labute approximate surface area is 91.1 Å². The van der Waals surface area contributed by atoms with E-state index in [0.717, 1.165) is 0 Å². The van der Waals surface area contributed by atoms with Crippen molar-refractivity contribution < 1.29 is 14.3 Å². The number of epoxide rings is 1. The number of ether oxygens (including phenoxy) is 2. The van der Waals surface area contributed by atoms with Gasteiger partial charge in [-0.25, -0.2) is 0 Å². The monoisotopic (exact) mass is 212 g/mol. The highest BCUT2D eigenvalue weighted by Crippen LogP contribution is 2.66. The smallest absolute Gasteiger partial charge is 0.309 e. The second-order valence-electron chi connectivity index (χ2n) is 5.72. The van der Waals surface area contributed by atoms with Crippen molar-refractivity contribution in [3.8, 4) is 0 Å². The lowest BCUT2D eigenvalue weighted by Crippen LogP contribution is -2.12. The Bertz CT molecular complexity index is 293. The molecule has 1 saturated carbocycles. The molecule has 2 fully saturated rings. The lowest BCUT2D eigenvalue weighted by atomic mass is 10.0. The van der Waals surface area contributed by atoms with Gasteiger partial charge in [0.25, 0.3) is 0 Å². The molecule has 0 aromatic carbocycles. The standard InChI is InChI=1S/C12H20O3/c1-6-14-10(13)8-7(11(8,2)3)9-12(4,5)15-9/h7-9H,6H2,1-5H3/t7-,8+,9?/m1/s1. The fraction of sp³-hybridized carbons (Fsp3) is 0.917. The Balaban J connectivity index is 2.01. The van der Waals surface area contributed by atoms with Gasteiger partial charge in [0.1, 0.15) is 0 Å². The van der Waals surface area contributed by atoms with Crippen LogP contribution in [-0.4, -0.2) is 24.3 Å². The van der Waals surface area contributed by atoms with E-state index in [2.05, 4.69) is 27.7 Å². The lowest BCUT2D eigenvalue weighted by Gasteiger charge is -2.01. The third-order valence-corrected chi connectivity index (χ3v) is 3.84. The first-order valence-electron chi connectivity index (χ1n) is 5.67. The molecule has 0 aromatic heterocycles. The van der Waals surface area contributed by atoms with Gasteiger partial charge in [-0.05, 0) is 26.2 Å². The van der Waals surface area contributed by atoms with E-state index in [1.165, 1.54) is 0 Å². The molecule has 86 valence electrons. The number of hydrogen-bond acceptors (Lipinski definition) is 3. The number of esters is 1. The Morgan fingerprint density at radius 1 is 1.33 bits per heavy atom. The minimum atomic E-state index is -0.0567. The van der Waals surface area contributed by atoms with Crippen LogP contribution < -0.4 is 0 Å². The Kier molecular flexibility index (Phi) is 2.16. The summed E-state index contributed by atoms with van der Waals surface area (Å²) in [6.45, 7) is 10.7. The topological polar surface area (TPSA) is 38.8 Å². The summed E-state index contributed by atoms with van der Waals surface area (Å²) < 4.78 is 10.7. The molecule has 1 heterocycles. The highest BCUT2D eigenvalue weighted by Gasteiger charge is 2.73. The molecule has 3 atom stereocenters. The molecular weight excluding hydrogens is 192 g/mol. The van der Waals surface area contributed by atoms with Crippen LogP contribution in [0.3, 0.4) is 0 Å². The molecule has 1 saturated heterocycles. The van der Waals surface area contributed by atoms with Crippen LogP contribution in [-0.2, 0) is 14.3 Å². The van der Waals surface area contributed by atoms with E-state index < -0.39 is 0 Å². The summed E-state index contributed by atoms with van der Waals surface area (Å²) in [4.78, 5) is 11.7. The van der Waals surface area contributed by atoms with Crippen molar-refractivity contribution in [1.29, 1.82) is 0 Å². The van der Waals surface area contributed by atoms with E-state index in [1.54, 1.807) is 0 Å². The second kappa shape index (κ2) is 2.97. The lowest BCUT2D eigenvalue weighted by molar-refractivity contribution is -0.145. The van der Waals surface area contributed by atoms with Crippen LogP contribution in [0.5, 0.6) is 0 Å². The van der Waals surface area contributed by atoms with Crippen molar-refractivity contribution in [2.45, 2.75) is 46.3 Å². The predicted octanol–water partition coefficient (Wildman–Crippen LogP) is 2.00. The summed E-state index contributed by atoms with van der Waals surface area (Å²) in [6, 6.07) is 0. The molecule has 2 rings (SSSR count). The van der Waals surface area contributed by atoms with Crippen LogP contribution in [0.15, 0.2) is 0 Å². The van der Waals surface area contributed by atoms with Gasteiger partial charge in [-0.15, -0.1) is 0 Å². The second-order valence-corrected chi connectivity index (χ2v) is 5.72. The summed E-state index contributed by atoms with van der Waals surface area (Å²) in [6.07, 6.45) is 0.238. The van der Waals surface area contributed by atoms with Gasteiger partial charge in [-0.3, -0.25) is 4.79 Å². The van der Waals surface area contributed by atoms with Crippen molar-refractivity contribution in [3.05, 3.63) is 0 Å². The minimum absolute atomic E-state index is 0.0317. The highest BCUT2D eigenvalue weighted by atomic mass is 16.6. The average molecular weight is 212 g/mol. The number of carbonyl (C=O) groups is 1. The first kappa shape index (κ1) is 10.9. The van der Waals surface area contributed by atoms with E-state index in [9.17, 15) is 4.79 Å². The van der Waals surface area contributed by atoms with Crippen LogP contribution in [0, 0.1) is 17.3 Å². The SMILES string of the molecule is CCOC(=O)[C@@H]1[C@H](C2OC2(C)C)C1(C)C. The predicted molar refractivity (Wildman–Crippen MR) is 56.3 cm³/mol. The fourth-order valence-corrected chi connectivity index (χ4v) is 2.72. The molecule has 1 aliphatic carbocycles. The van der Waals surface area contributed by atoms with Crippen LogP contribution in [0.4, 0.5) is 0 Å². The van der Waals surface area contributed by atoms with E-state index in [4.69, 9.17) is 9.47 Å². The van der Waals surface area contributed by atoms with Gasteiger partial charge >= 0.3 is 5.97 Å². The third-order valence-electron chi connectivity index (χ3n) is 3.84. The maximum atomic E-state index is 11.7. The molecule has 0 spiro atoms.